The molecule has 0 amide bonds. The zero-order chi connectivity index (χ0) is 14.4. The minimum absolute atomic E-state index is 0.0426. The predicted molar refractivity (Wildman–Crippen MR) is 72.7 cm³/mol. The van der Waals surface area contributed by atoms with E-state index in [1.807, 2.05) is 0 Å². The Morgan fingerprint density at radius 3 is 2.32 bits per heavy atom. The van der Waals surface area contributed by atoms with Crippen molar-refractivity contribution in [2.24, 2.45) is 0 Å². The van der Waals surface area contributed by atoms with Crippen molar-refractivity contribution >= 4 is 44.3 Å². The van der Waals surface area contributed by atoms with Crippen LogP contribution in [-0.4, -0.2) is 22.6 Å². The fourth-order valence-corrected chi connectivity index (χ4v) is 2.72. The van der Waals surface area contributed by atoms with E-state index in [-0.39, 0.29) is 32.8 Å². The van der Waals surface area contributed by atoms with Gasteiger partial charge in [0.2, 0.25) is 0 Å². The number of anilines is 2. The van der Waals surface area contributed by atoms with Crippen molar-refractivity contribution in [2.75, 3.05) is 11.5 Å². The van der Waals surface area contributed by atoms with Gasteiger partial charge in [-0.3, -0.25) is 4.55 Å². The van der Waals surface area contributed by atoms with Gasteiger partial charge in [0.05, 0.1) is 16.3 Å². The number of fused-ring (bicyclic) bond motifs is 1. The number of rotatable bonds is 2. The summed E-state index contributed by atoms with van der Waals surface area (Å²) in [5, 5.41) is 10.4. The SMILES string of the molecule is Nc1cc2c(O)c(N)c(SO)cc2cc1S(=O)(=O)O. The number of aromatic hydroxyl groups is 1. The third-order valence-corrected chi connectivity index (χ3v) is 4.06. The van der Waals surface area contributed by atoms with Gasteiger partial charge in [0.25, 0.3) is 10.1 Å². The molecule has 0 spiro atoms. The largest absolute Gasteiger partial charge is 0.505 e. The van der Waals surface area contributed by atoms with Crippen LogP contribution < -0.4 is 11.5 Å². The average molecular weight is 302 g/mol. The summed E-state index contributed by atoms with van der Waals surface area (Å²) in [7, 11) is -4.47. The van der Waals surface area contributed by atoms with E-state index in [1.54, 1.807) is 0 Å². The van der Waals surface area contributed by atoms with Gasteiger partial charge in [-0.25, -0.2) is 0 Å². The van der Waals surface area contributed by atoms with Gasteiger partial charge in [-0.15, -0.1) is 0 Å². The zero-order valence-corrected chi connectivity index (χ0v) is 11.0. The summed E-state index contributed by atoms with van der Waals surface area (Å²) in [5.41, 5.74) is 10.9. The van der Waals surface area contributed by atoms with E-state index >= 15 is 0 Å². The summed E-state index contributed by atoms with van der Waals surface area (Å²) in [6.45, 7) is 0. The monoisotopic (exact) mass is 302 g/mol. The smallest absolute Gasteiger partial charge is 0.296 e. The Morgan fingerprint density at radius 2 is 1.79 bits per heavy atom. The highest BCUT2D eigenvalue weighted by molar-refractivity contribution is 7.94. The standard InChI is InChI=1S/C10H10N2O5S2/c11-6-3-5-4(2-8(6)19(15,16)17)1-7(18-14)9(12)10(5)13/h1-3,13-14H,11-12H2,(H,15,16,17). The first-order valence-corrected chi connectivity index (χ1v) is 7.10. The number of hydrogen-bond donors (Lipinski definition) is 5. The number of phenols is 1. The Kier molecular flexibility index (Phi) is 3.22. The molecule has 0 unspecified atom stereocenters. The van der Waals surface area contributed by atoms with Crippen LogP contribution in [0.5, 0.6) is 5.75 Å². The van der Waals surface area contributed by atoms with Crippen LogP contribution in [0.3, 0.4) is 0 Å². The van der Waals surface area contributed by atoms with Crippen molar-refractivity contribution in [3.05, 3.63) is 18.2 Å². The molecule has 0 radical (unpaired) electrons. The van der Waals surface area contributed by atoms with Crippen LogP contribution in [0, 0.1) is 0 Å². The van der Waals surface area contributed by atoms with E-state index < -0.39 is 15.0 Å². The fraction of sp³-hybridized carbons (Fsp3) is 0. The van der Waals surface area contributed by atoms with Gasteiger partial charge >= 0.3 is 0 Å². The molecule has 0 aliphatic heterocycles. The second kappa shape index (κ2) is 4.46. The Hall–Kier alpha value is -1.68. The van der Waals surface area contributed by atoms with Crippen LogP contribution in [0.1, 0.15) is 0 Å². The van der Waals surface area contributed by atoms with Gasteiger partial charge in [0, 0.05) is 17.4 Å². The highest BCUT2D eigenvalue weighted by Gasteiger charge is 2.18. The van der Waals surface area contributed by atoms with Crippen LogP contribution in [0.4, 0.5) is 11.4 Å². The van der Waals surface area contributed by atoms with E-state index in [9.17, 15) is 13.5 Å². The van der Waals surface area contributed by atoms with Crippen LogP contribution >= 0.6 is 12.0 Å². The van der Waals surface area contributed by atoms with Crippen LogP contribution in [0.2, 0.25) is 0 Å². The maximum atomic E-state index is 11.1. The Balaban J connectivity index is 2.91. The molecule has 7 nitrogen and oxygen atoms in total. The molecule has 0 heterocycles. The van der Waals surface area contributed by atoms with Gasteiger partial charge in [-0.2, -0.15) is 8.42 Å². The van der Waals surface area contributed by atoms with Crippen molar-refractivity contribution < 1.29 is 22.6 Å². The molecule has 0 aromatic heterocycles. The van der Waals surface area contributed by atoms with E-state index in [2.05, 4.69) is 0 Å². The number of benzene rings is 2. The maximum absolute atomic E-state index is 11.1. The fourth-order valence-electron chi connectivity index (χ4n) is 1.72. The number of phenolic OH excluding ortho intramolecular Hbond substituents is 1. The van der Waals surface area contributed by atoms with Crippen molar-refractivity contribution in [3.63, 3.8) is 0 Å². The van der Waals surface area contributed by atoms with Gasteiger partial charge < -0.3 is 21.1 Å². The second-order valence-corrected chi connectivity index (χ2v) is 5.83. The topological polar surface area (TPSA) is 147 Å². The first-order valence-electron chi connectivity index (χ1n) is 4.89. The summed E-state index contributed by atoms with van der Waals surface area (Å²) in [5.74, 6) is -0.317. The lowest BCUT2D eigenvalue weighted by molar-refractivity contribution is 0.481. The Labute approximate surface area is 112 Å². The quantitative estimate of drug-likeness (QED) is 0.243. The van der Waals surface area contributed by atoms with E-state index in [1.165, 1.54) is 12.1 Å². The van der Waals surface area contributed by atoms with Gasteiger partial charge in [-0.05, 0) is 23.6 Å². The zero-order valence-electron chi connectivity index (χ0n) is 9.36. The summed E-state index contributed by atoms with van der Waals surface area (Å²) in [4.78, 5) is -0.311. The van der Waals surface area contributed by atoms with Crippen LogP contribution in [0.15, 0.2) is 28.0 Å². The molecule has 19 heavy (non-hydrogen) atoms. The van der Waals surface area contributed by atoms with Gasteiger partial charge in [0.15, 0.2) is 0 Å². The van der Waals surface area contributed by atoms with Crippen molar-refractivity contribution in [2.45, 2.75) is 9.79 Å². The summed E-state index contributed by atoms with van der Waals surface area (Å²) < 4.78 is 40.3. The molecular formula is C10H10N2O5S2. The van der Waals surface area contributed by atoms with Gasteiger partial charge in [-0.1, -0.05) is 0 Å². The molecule has 9 heteroatoms. The molecule has 0 saturated heterocycles. The van der Waals surface area contributed by atoms with Crippen LogP contribution in [0.25, 0.3) is 10.8 Å². The molecule has 2 aromatic carbocycles. The molecule has 0 saturated carbocycles. The number of nitrogen functional groups attached to an aromatic ring is 2. The minimum atomic E-state index is -4.47. The molecule has 7 N–H and O–H groups in total. The number of nitrogens with two attached hydrogens (primary N) is 2. The maximum Gasteiger partial charge on any atom is 0.296 e. The Morgan fingerprint density at radius 1 is 1.16 bits per heavy atom. The summed E-state index contributed by atoms with van der Waals surface area (Å²) >= 11 is 0.314. The van der Waals surface area contributed by atoms with Crippen molar-refractivity contribution in [1.29, 1.82) is 0 Å². The van der Waals surface area contributed by atoms with Crippen LogP contribution in [-0.2, 0) is 10.1 Å². The van der Waals surface area contributed by atoms with E-state index in [0.29, 0.717) is 12.0 Å². The molecule has 102 valence electrons. The highest BCUT2D eigenvalue weighted by atomic mass is 32.2. The third kappa shape index (κ3) is 2.28. The third-order valence-electron chi connectivity index (χ3n) is 2.62. The lowest BCUT2D eigenvalue weighted by Gasteiger charge is -2.11. The van der Waals surface area contributed by atoms with Gasteiger partial charge in [0.1, 0.15) is 10.6 Å². The molecule has 2 rings (SSSR count). The molecule has 0 bridgehead atoms. The summed E-state index contributed by atoms with van der Waals surface area (Å²) in [6, 6.07) is 3.66. The molecular weight excluding hydrogens is 292 g/mol. The molecule has 0 aliphatic rings. The van der Waals surface area contributed by atoms with E-state index in [0.717, 1.165) is 6.07 Å². The highest BCUT2D eigenvalue weighted by Crippen LogP contribution is 2.40. The van der Waals surface area contributed by atoms with Crippen molar-refractivity contribution in [3.8, 4) is 5.75 Å². The van der Waals surface area contributed by atoms with E-state index in [4.69, 9.17) is 20.6 Å². The molecule has 0 aliphatic carbocycles. The normalized spacial score (nSPS) is 11.9. The minimum Gasteiger partial charge on any atom is -0.505 e. The molecule has 0 atom stereocenters. The first kappa shape index (κ1) is 13.7. The molecule has 0 fully saturated rings. The lowest BCUT2D eigenvalue weighted by atomic mass is 10.1. The second-order valence-electron chi connectivity index (χ2n) is 3.81. The lowest BCUT2D eigenvalue weighted by Crippen LogP contribution is -2.03. The van der Waals surface area contributed by atoms with Crippen molar-refractivity contribution in [1.82, 2.24) is 0 Å². The first-order chi connectivity index (χ1) is 8.75. The predicted octanol–water partition coefficient (Wildman–Crippen LogP) is 1.52. The summed E-state index contributed by atoms with van der Waals surface area (Å²) in [6.07, 6.45) is 0. The number of hydrogen-bond acceptors (Lipinski definition) is 7. The average Bonchev–Trinajstić information content (AvgIpc) is 2.32. The molecule has 2 aromatic rings. The Bertz CT molecular complexity index is 773.